The second-order valence-electron chi connectivity index (χ2n) is 5.30. The van der Waals surface area contributed by atoms with Crippen molar-refractivity contribution in [1.29, 1.82) is 0 Å². The van der Waals surface area contributed by atoms with Gasteiger partial charge in [0, 0.05) is 24.5 Å². The van der Waals surface area contributed by atoms with Crippen molar-refractivity contribution in [3.63, 3.8) is 0 Å². The zero-order chi connectivity index (χ0) is 14.6. The Hall–Kier alpha value is -1.06. The third kappa shape index (κ3) is 3.71. The highest BCUT2D eigenvalue weighted by atomic mass is 35.5. The highest BCUT2D eigenvalue weighted by Crippen LogP contribution is 2.33. The van der Waals surface area contributed by atoms with Crippen LogP contribution in [0, 0.1) is 11.8 Å². The summed E-state index contributed by atoms with van der Waals surface area (Å²) in [5.41, 5.74) is 6.57. The topological polar surface area (TPSA) is 46.3 Å². The molecule has 0 aliphatic carbocycles. The van der Waals surface area contributed by atoms with Crippen LogP contribution in [0.4, 0.5) is 0 Å². The van der Waals surface area contributed by atoms with Crippen molar-refractivity contribution in [2.45, 2.75) is 26.8 Å². The quantitative estimate of drug-likeness (QED) is 0.902. The molecule has 0 fully saturated rings. The SMILES string of the molecule is CC(CN)C(=O)N(C)C(c1ccccc1Cl)C(C)C. The highest BCUT2D eigenvalue weighted by molar-refractivity contribution is 6.31. The lowest BCUT2D eigenvalue weighted by molar-refractivity contribution is -0.136. The number of amides is 1. The standard InChI is InChI=1S/C15H23ClN2O/c1-10(2)14(12-7-5-6-8-13(12)16)18(4)15(19)11(3)9-17/h5-8,10-11,14H,9,17H2,1-4H3. The number of benzene rings is 1. The van der Waals surface area contributed by atoms with Crippen LogP contribution in [0.25, 0.3) is 0 Å². The first-order valence-corrected chi connectivity index (χ1v) is 6.99. The van der Waals surface area contributed by atoms with E-state index in [1.54, 1.807) is 4.90 Å². The highest BCUT2D eigenvalue weighted by Gasteiger charge is 2.28. The maximum atomic E-state index is 12.3. The maximum absolute atomic E-state index is 12.3. The van der Waals surface area contributed by atoms with Crippen LogP contribution in [0.5, 0.6) is 0 Å². The molecule has 0 saturated carbocycles. The van der Waals surface area contributed by atoms with Gasteiger partial charge in [-0.25, -0.2) is 0 Å². The van der Waals surface area contributed by atoms with Crippen molar-refractivity contribution in [2.75, 3.05) is 13.6 Å². The van der Waals surface area contributed by atoms with Gasteiger partial charge >= 0.3 is 0 Å². The number of nitrogens with two attached hydrogens (primary N) is 1. The molecule has 0 saturated heterocycles. The van der Waals surface area contributed by atoms with Gasteiger partial charge in [-0.2, -0.15) is 0 Å². The molecule has 1 amide bonds. The summed E-state index contributed by atoms with van der Waals surface area (Å²) in [7, 11) is 1.82. The van der Waals surface area contributed by atoms with E-state index in [4.69, 9.17) is 17.3 Å². The lowest BCUT2D eigenvalue weighted by Gasteiger charge is -2.33. The second-order valence-corrected chi connectivity index (χ2v) is 5.70. The molecule has 1 aromatic rings. The molecule has 0 aliphatic rings. The number of carbonyl (C=O) groups is 1. The van der Waals surface area contributed by atoms with Crippen molar-refractivity contribution in [2.24, 2.45) is 17.6 Å². The molecular weight excluding hydrogens is 260 g/mol. The van der Waals surface area contributed by atoms with E-state index in [2.05, 4.69) is 13.8 Å². The lowest BCUT2D eigenvalue weighted by atomic mass is 9.93. The summed E-state index contributed by atoms with van der Waals surface area (Å²) in [5.74, 6) is 0.161. The van der Waals surface area contributed by atoms with E-state index in [1.807, 2.05) is 38.2 Å². The van der Waals surface area contributed by atoms with E-state index in [0.717, 1.165) is 5.56 Å². The lowest BCUT2D eigenvalue weighted by Crippen LogP contribution is -2.39. The van der Waals surface area contributed by atoms with Gasteiger partial charge in [-0.3, -0.25) is 4.79 Å². The fraction of sp³-hybridized carbons (Fsp3) is 0.533. The molecule has 0 aliphatic heterocycles. The van der Waals surface area contributed by atoms with Crippen LogP contribution in [0.2, 0.25) is 5.02 Å². The first-order chi connectivity index (χ1) is 8.90. The maximum Gasteiger partial charge on any atom is 0.226 e. The van der Waals surface area contributed by atoms with Crippen LogP contribution in [-0.2, 0) is 4.79 Å². The molecule has 2 N–H and O–H groups in total. The Morgan fingerprint density at radius 3 is 2.37 bits per heavy atom. The van der Waals surface area contributed by atoms with Crippen molar-refractivity contribution >= 4 is 17.5 Å². The Bertz CT molecular complexity index is 434. The fourth-order valence-electron chi connectivity index (χ4n) is 2.32. The largest absolute Gasteiger partial charge is 0.338 e. The van der Waals surface area contributed by atoms with Crippen LogP contribution >= 0.6 is 11.6 Å². The van der Waals surface area contributed by atoms with Crippen molar-refractivity contribution in [3.05, 3.63) is 34.9 Å². The van der Waals surface area contributed by atoms with Gasteiger partial charge in [-0.05, 0) is 17.5 Å². The molecule has 1 rings (SSSR count). The van der Waals surface area contributed by atoms with Gasteiger partial charge in [0.05, 0.1) is 6.04 Å². The number of halogens is 1. The predicted octanol–water partition coefficient (Wildman–Crippen LogP) is 3.09. The summed E-state index contributed by atoms with van der Waals surface area (Å²) >= 11 is 6.26. The number of rotatable bonds is 5. The summed E-state index contributed by atoms with van der Waals surface area (Å²) < 4.78 is 0. The Morgan fingerprint density at radius 1 is 1.32 bits per heavy atom. The molecule has 19 heavy (non-hydrogen) atoms. The number of hydrogen-bond acceptors (Lipinski definition) is 2. The van der Waals surface area contributed by atoms with E-state index in [0.29, 0.717) is 11.6 Å². The smallest absolute Gasteiger partial charge is 0.226 e. The van der Waals surface area contributed by atoms with Crippen LogP contribution in [0.15, 0.2) is 24.3 Å². The molecule has 0 bridgehead atoms. The zero-order valence-corrected chi connectivity index (χ0v) is 12.8. The van der Waals surface area contributed by atoms with E-state index < -0.39 is 0 Å². The average molecular weight is 283 g/mol. The van der Waals surface area contributed by atoms with Crippen LogP contribution < -0.4 is 5.73 Å². The summed E-state index contributed by atoms with van der Waals surface area (Å²) in [6.07, 6.45) is 0. The van der Waals surface area contributed by atoms with Gasteiger partial charge in [0.15, 0.2) is 0 Å². The van der Waals surface area contributed by atoms with Gasteiger partial charge in [0.25, 0.3) is 0 Å². The molecule has 0 heterocycles. The molecule has 106 valence electrons. The zero-order valence-electron chi connectivity index (χ0n) is 12.1. The third-order valence-electron chi connectivity index (χ3n) is 3.40. The summed E-state index contributed by atoms with van der Waals surface area (Å²) in [6, 6.07) is 7.64. The molecular formula is C15H23ClN2O. The monoisotopic (exact) mass is 282 g/mol. The van der Waals surface area contributed by atoms with Crippen LogP contribution in [0.1, 0.15) is 32.4 Å². The fourth-order valence-corrected chi connectivity index (χ4v) is 2.56. The van der Waals surface area contributed by atoms with Crippen molar-refractivity contribution in [1.82, 2.24) is 4.90 Å². The van der Waals surface area contributed by atoms with Gasteiger partial charge in [0.1, 0.15) is 0 Å². The molecule has 0 aromatic heterocycles. The minimum Gasteiger partial charge on any atom is -0.338 e. The van der Waals surface area contributed by atoms with Crippen molar-refractivity contribution in [3.8, 4) is 0 Å². The minimum absolute atomic E-state index is 0.0322. The first kappa shape index (κ1) is 16.0. The van der Waals surface area contributed by atoms with Gasteiger partial charge in [-0.1, -0.05) is 50.6 Å². The molecule has 1 aromatic carbocycles. The Morgan fingerprint density at radius 2 is 1.89 bits per heavy atom. The van der Waals surface area contributed by atoms with Crippen molar-refractivity contribution < 1.29 is 4.79 Å². The van der Waals surface area contributed by atoms with Gasteiger partial charge < -0.3 is 10.6 Å². The van der Waals surface area contributed by atoms with Gasteiger partial charge in [0.2, 0.25) is 5.91 Å². The Balaban J connectivity index is 3.09. The van der Waals surface area contributed by atoms with E-state index in [-0.39, 0.29) is 23.8 Å². The molecule has 4 heteroatoms. The molecule has 2 unspecified atom stereocenters. The van der Waals surface area contributed by atoms with Gasteiger partial charge in [-0.15, -0.1) is 0 Å². The number of hydrogen-bond donors (Lipinski definition) is 1. The first-order valence-electron chi connectivity index (χ1n) is 6.61. The van der Waals surface area contributed by atoms with E-state index in [9.17, 15) is 4.79 Å². The normalized spacial score (nSPS) is 14.3. The molecule has 0 radical (unpaired) electrons. The molecule has 0 spiro atoms. The Kier molecular flexibility index (Phi) is 5.83. The van der Waals surface area contributed by atoms with E-state index in [1.165, 1.54) is 0 Å². The summed E-state index contributed by atoms with van der Waals surface area (Å²) in [4.78, 5) is 14.1. The third-order valence-corrected chi connectivity index (χ3v) is 3.74. The van der Waals surface area contributed by atoms with E-state index >= 15 is 0 Å². The Labute approximate surface area is 120 Å². The second kappa shape index (κ2) is 6.92. The summed E-state index contributed by atoms with van der Waals surface area (Å²) in [5, 5.41) is 0.696. The predicted molar refractivity (Wildman–Crippen MR) is 80.0 cm³/mol. The average Bonchev–Trinajstić information content (AvgIpc) is 2.38. The molecule has 3 nitrogen and oxygen atoms in total. The number of nitrogens with zero attached hydrogens (tertiary/aromatic N) is 1. The van der Waals surface area contributed by atoms with Crippen LogP contribution in [0.3, 0.4) is 0 Å². The minimum atomic E-state index is -0.172. The molecule has 2 atom stereocenters. The van der Waals surface area contributed by atoms with Crippen LogP contribution in [-0.4, -0.2) is 24.4 Å². The number of carbonyl (C=O) groups excluding carboxylic acids is 1. The summed E-state index contributed by atoms with van der Waals surface area (Å²) in [6.45, 7) is 6.38.